The normalized spacial score (nSPS) is 13.4. The highest BCUT2D eigenvalue weighted by Crippen LogP contribution is 2.29. The Morgan fingerprint density at radius 1 is 1.06 bits per heavy atom. The van der Waals surface area contributed by atoms with Crippen molar-refractivity contribution in [3.05, 3.63) is 42.0 Å². The Morgan fingerprint density at radius 3 is 2.22 bits per heavy atom. The Kier molecular flexibility index (Phi) is 7.28. The quantitative estimate of drug-likeness (QED) is 0.466. The number of carbonyl (C=O) groups excluding carboxylic acids is 2. The monoisotopic (exact) mass is 476 g/mol. The van der Waals surface area contributed by atoms with Gasteiger partial charge in [-0.05, 0) is 62.1 Å². The fraction of sp³-hybridized carbons (Fsp3) is 0.400. The molecule has 0 aromatic heterocycles. The van der Waals surface area contributed by atoms with Crippen LogP contribution in [-0.4, -0.2) is 37.6 Å². The first-order valence-electron chi connectivity index (χ1n) is 9.40. The lowest BCUT2D eigenvalue weighted by atomic mass is 10.0. The van der Waals surface area contributed by atoms with E-state index in [1.165, 1.54) is 12.1 Å². The Bertz CT molecular complexity index is 1110. The third kappa shape index (κ3) is 7.01. The number of hydrogen-bond acceptors (Lipinski definition) is 6. The summed E-state index contributed by atoms with van der Waals surface area (Å²) in [6.45, 7) is 5.03. The van der Waals surface area contributed by atoms with Crippen LogP contribution in [0, 0.1) is 0 Å². The van der Waals surface area contributed by atoms with Crippen LogP contribution in [0.15, 0.2) is 36.4 Å². The second-order valence-corrected chi connectivity index (χ2v) is 9.50. The molecule has 3 N–H and O–H groups in total. The van der Waals surface area contributed by atoms with E-state index in [0.29, 0.717) is 17.2 Å². The SMILES string of the molecule is CC(C)(C)OC(=O)N[C@@H](CCc1ccc2cc(OS(=O)(=O)C(F)(F)F)ccc2c1)C(N)=O. The second-order valence-electron chi connectivity index (χ2n) is 7.97. The fourth-order valence-corrected chi connectivity index (χ4v) is 3.15. The number of ether oxygens (including phenoxy) is 1. The van der Waals surface area contributed by atoms with Gasteiger partial charge >= 0.3 is 21.7 Å². The van der Waals surface area contributed by atoms with Crippen molar-refractivity contribution >= 4 is 32.9 Å². The van der Waals surface area contributed by atoms with Crippen molar-refractivity contribution in [1.29, 1.82) is 0 Å². The van der Waals surface area contributed by atoms with Crippen LogP contribution in [0.25, 0.3) is 10.8 Å². The molecule has 176 valence electrons. The lowest BCUT2D eigenvalue weighted by Crippen LogP contribution is -2.46. The van der Waals surface area contributed by atoms with Crippen LogP contribution in [0.1, 0.15) is 32.8 Å². The molecule has 0 unspecified atom stereocenters. The molecule has 0 fully saturated rings. The zero-order chi connectivity index (χ0) is 24.3. The maximum absolute atomic E-state index is 12.5. The van der Waals surface area contributed by atoms with E-state index in [0.717, 1.165) is 11.6 Å². The molecule has 1 atom stereocenters. The molecule has 2 rings (SSSR count). The Labute approximate surface area is 183 Å². The maximum atomic E-state index is 12.5. The summed E-state index contributed by atoms with van der Waals surface area (Å²) in [6.07, 6.45) is -0.244. The minimum Gasteiger partial charge on any atom is -0.444 e. The van der Waals surface area contributed by atoms with Gasteiger partial charge < -0.3 is 20.0 Å². The molecule has 0 heterocycles. The van der Waals surface area contributed by atoms with E-state index < -0.39 is 45.0 Å². The van der Waals surface area contributed by atoms with E-state index in [4.69, 9.17) is 10.5 Å². The van der Waals surface area contributed by atoms with Crippen LogP contribution in [0.5, 0.6) is 5.75 Å². The molecule has 0 aliphatic heterocycles. The van der Waals surface area contributed by atoms with Gasteiger partial charge in [0.05, 0.1) is 0 Å². The summed E-state index contributed by atoms with van der Waals surface area (Å²) >= 11 is 0. The average Bonchev–Trinajstić information content (AvgIpc) is 2.62. The van der Waals surface area contributed by atoms with E-state index in [1.807, 2.05) is 0 Å². The van der Waals surface area contributed by atoms with Crippen molar-refractivity contribution < 1.29 is 40.1 Å². The summed E-state index contributed by atoms with van der Waals surface area (Å²) in [4.78, 5) is 23.6. The van der Waals surface area contributed by atoms with E-state index in [2.05, 4.69) is 9.50 Å². The highest BCUT2D eigenvalue weighted by atomic mass is 32.2. The van der Waals surface area contributed by atoms with E-state index in [9.17, 15) is 31.2 Å². The molecule has 2 aromatic carbocycles. The van der Waals surface area contributed by atoms with Crippen molar-refractivity contribution in [2.45, 2.75) is 50.8 Å². The van der Waals surface area contributed by atoms with Gasteiger partial charge in [0, 0.05) is 0 Å². The van der Waals surface area contributed by atoms with E-state index >= 15 is 0 Å². The molecule has 0 saturated carbocycles. The van der Waals surface area contributed by atoms with Crippen molar-refractivity contribution in [1.82, 2.24) is 5.32 Å². The number of alkyl carbamates (subject to hydrolysis) is 1. The van der Waals surface area contributed by atoms with Crippen molar-refractivity contribution in [3.63, 3.8) is 0 Å². The number of nitrogens with two attached hydrogens (primary N) is 1. The third-order valence-corrected chi connectivity index (χ3v) is 5.10. The number of carbonyl (C=O) groups is 2. The lowest BCUT2D eigenvalue weighted by Gasteiger charge is -2.22. The summed E-state index contributed by atoms with van der Waals surface area (Å²) in [5.41, 5.74) is -0.170. The molecule has 8 nitrogen and oxygen atoms in total. The summed E-state index contributed by atoms with van der Waals surface area (Å²) < 4.78 is 68.9. The van der Waals surface area contributed by atoms with Crippen LogP contribution in [0.2, 0.25) is 0 Å². The molecule has 2 aromatic rings. The predicted octanol–water partition coefficient (Wildman–Crippen LogP) is 3.38. The molecule has 0 radical (unpaired) electrons. The molecule has 0 saturated heterocycles. The Hall–Kier alpha value is -3.02. The number of primary amides is 1. The molecule has 0 bridgehead atoms. The van der Waals surface area contributed by atoms with Gasteiger partial charge in [0.25, 0.3) is 0 Å². The van der Waals surface area contributed by atoms with Gasteiger partial charge in [-0.3, -0.25) is 4.79 Å². The summed E-state index contributed by atoms with van der Waals surface area (Å²) in [6, 6.07) is 7.63. The Morgan fingerprint density at radius 2 is 1.66 bits per heavy atom. The second kappa shape index (κ2) is 9.23. The minimum absolute atomic E-state index is 0.186. The number of aryl methyl sites for hydroxylation is 1. The van der Waals surface area contributed by atoms with Crippen molar-refractivity contribution in [3.8, 4) is 5.75 Å². The number of halogens is 3. The number of hydrogen-bond donors (Lipinski definition) is 2. The topological polar surface area (TPSA) is 125 Å². The third-order valence-electron chi connectivity index (χ3n) is 4.12. The number of nitrogens with one attached hydrogen (secondary N) is 1. The largest absolute Gasteiger partial charge is 0.534 e. The van der Waals surface area contributed by atoms with Gasteiger partial charge in [0.2, 0.25) is 5.91 Å². The fourth-order valence-electron chi connectivity index (χ4n) is 2.70. The highest BCUT2D eigenvalue weighted by Gasteiger charge is 2.48. The smallest absolute Gasteiger partial charge is 0.444 e. The number of rotatable bonds is 7. The molecule has 0 spiro atoms. The first-order chi connectivity index (χ1) is 14.6. The predicted molar refractivity (Wildman–Crippen MR) is 110 cm³/mol. The van der Waals surface area contributed by atoms with Crippen molar-refractivity contribution in [2.24, 2.45) is 5.73 Å². The molecule has 0 aliphatic rings. The van der Waals surface area contributed by atoms with Crippen molar-refractivity contribution in [2.75, 3.05) is 0 Å². The van der Waals surface area contributed by atoms with Gasteiger partial charge in [0.15, 0.2) is 0 Å². The summed E-state index contributed by atoms with van der Waals surface area (Å²) in [5, 5.41) is 3.47. The molecule has 2 amide bonds. The molecular weight excluding hydrogens is 453 g/mol. The zero-order valence-electron chi connectivity index (χ0n) is 17.5. The van der Waals surface area contributed by atoms with Gasteiger partial charge in [-0.2, -0.15) is 21.6 Å². The van der Waals surface area contributed by atoms with Gasteiger partial charge in [-0.1, -0.05) is 24.3 Å². The van der Waals surface area contributed by atoms with Gasteiger partial charge in [-0.15, -0.1) is 0 Å². The lowest BCUT2D eigenvalue weighted by molar-refractivity contribution is -0.120. The number of fused-ring (bicyclic) bond motifs is 1. The van der Waals surface area contributed by atoms with Crippen LogP contribution in [-0.2, 0) is 26.1 Å². The highest BCUT2D eigenvalue weighted by molar-refractivity contribution is 7.88. The maximum Gasteiger partial charge on any atom is 0.534 e. The van der Waals surface area contributed by atoms with Gasteiger partial charge in [-0.25, -0.2) is 4.79 Å². The molecule has 32 heavy (non-hydrogen) atoms. The number of amides is 2. The van der Waals surface area contributed by atoms with E-state index in [1.54, 1.807) is 39.0 Å². The summed E-state index contributed by atoms with van der Waals surface area (Å²) in [5.74, 6) is -1.21. The van der Waals surface area contributed by atoms with Crippen LogP contribution >= 0.6 is 0 Å². The van der Waals surface area contributed by atoms with Crippen LogP contribution in [0.3, 0.4) is 0 Å². The van der Waals surface area contributed by atoms with E-state index in [-0.39, 0.29) is 6.42 Å². The molecular formula is C20H23F3N2O6S. The van der Waals surface area contributed by atoms with Crippen LogP contribution in [0.4, 0.5) is 18.0 Å². The average molecular weight is 476 g/mol. The molecule has 12 heteroatoms. The first kappa shape index (κ1) is 25.2. The number of alkyl halides is 3. The Balaban J connectivity index is 2.10. The van der Waals surface area contributed by atoms with Crippen LogP contribution < -0.4 is 15.2 Å². The minimum atomic E-state index is -5.76. The first-order valence-corrected chi connectivity index (χ1v) is 10.8. The zero-order valence-corrected chi connectivity index (χ0v) is 18.3. The molecule has 0 aliphatic carbocycles. The van der Waals surface area contributed by atoms with Gasteiger partial charge in [0.1, 0.15) is 17.4 Å². The number of benzene rings is 2. The standard InChI is InChI=1S/C20H23F3N2O6S/c1-19(2,3)30-18(27)25-16(17(24)26)9-5-12-4-6-14-11-15(8-7-13(14)10-12)31-32(28,29)20(21,22)23/h4,6-8,10-11,16H,5,9H2,1-3H3,(H2,24,26)(H,25,27)/t16-/m0/s1. The summed E-state index contributed by atoms with van der Waals surface area (Å²) in [7, 11) is -5.76.